The topological polar surface area (TPSA) is 79.5 Å². The van der Waals surface area contributed by atoms with E-state index in [9.17, 15) is 4.79 Å². The second kappa shape index (κ2) is 6.53. The summed E-state index contributed by atoms with van der Waals surface area (Å²) in [4.78, 5) is 11.0. The van der Waals surface area contributed by atoms with Crippen LogP contribution in [0.4, 0.5) is 0 Å². The standard InChI is InChI=1S/C12H16N4O2S/c1-2-13-9(11(17)18)6-8-19-12-15-14-10-5-3-4-7-16(10)12/h3-5,7,9,13H,2,6,8H2,1H3,(H,17,18). The van der Waals surface area contributed by atoms with Crippen molar-refractivity contribution in [1.29, 1.82) is 0 Å². The molecule has 0 bridgehead atoms. The molecule has 0 amide bonds. The summed E-state index contributed by atoms with van der Waals surface area (Å²) in [6, 6.07) is 5.20. The molecule has 2 heterocycles. The van der Waals surface area contributed by atoms with Crippen molar-refractivity contribution in [2.45, 2.75) is 24.5 Å². The first-order chi connectivity index (χ1) is 9.22. The number of aromatic nitrogens is 3. The number of rotatable bonds is 7. The molecule has 0 aromatic carbocycles. The lowest BCUT2D eigenvalue weighted by Gasteiger charge is -2.11. The number of fused-ring (bicyclic) bond motifs is 1. The minimum atomic E-state index is -0.812. The number of nitrogens with one attached hydrogen (secondary N) is 1. The Morgan fingerprint density at radius 3 is 3.11 bits per heavy atom. The molecular weight excluding hydrogens is 264 g/mol. The van der Waals surface area contributed by atoms with Crippen LogP contribution in [0.2, 0.25) is 0 Å². The summed E-state index contributed by atoms with van der Waals surface area (Å²) < 4.78 is 1.90. The second-order valence-electron chi connectivity index (χ2n) is 4.00. The molecule has 19 heavy (non-hydrogen) atoms. The van der Waals surface area contributed by atoms with Gasteiger partial charge in [0.2, 0.25) is 0 Å². The first-order valence-corrected chi connectivity index (χ1v) is 7.09. The number of carboxylic acids is 1. The fraction of sp³-hybridized carbons (Fsp3) is 0.417. The van der Waals surface area contributed by atoms with Gasteiger partial charge in [0.05, 0.1) is 0 Å². The van der Waals surface area contributed by atoms with Crippen LogP contribution >= 0.6 is 11.8 Å². The highest BCUT2D eigenvalue weighted by molar-refractivity contribution is 7.99. The third-order valence-electron chi connectivity index (χ3n) is 2.67. The molecule has 0 aliphatic rings. The Morgan fingerprint density at radius 2 is 2.37 bits per heavy atom. The van der Waals surface area contributed by atoms with Crippen molar-refractivity contribution in [3.8, 4) is 0 Å². The number of nitrogens with zero attached hydrogens (tertiary/aromatic N) is 3. The molecule has 0 spiro atoms. The van der Waals surface area contributed by atoms with Crippen LogP contribution in [-0.2, 0) is 4.79 Å². The molecule has 2 N–H and O–H groups in total. The third-order valence-corrected chi connectivity index (χ3v) is 3.65. The number of aliphatic carboxylic acids is 1. The van der Waals surface area contributed by atoms with Crippen molar-refractivity contribution < 1.29 is 9.90 Å². The van der Waals surface area contributed by atoms with E-state index in [1.54, 1.807) is 0 Å². The Bertz CT molecular complexity index is 557. The maximum Gasteiger partial charge on any atom is 0.320 e. The summed E-state index contributed by atoms with van der Waals surface area (Å²) in [5, 5.41) is 20.9. The molecule has 0 aliphatic carbocycles. The lowest BCUT2D eigenvalue weighted by atomic mass is 10.2. The highest BCUT2D eigenvalue weighted by Gasteiger charge is 2.16. The van der Waals surface area contributed by atoms with Crippen molar-refractivity contribution in [2.75, 3.05) is 12.3 Å². The smallest absolute Gasteiger partial charge is 0.320 e. The Balaban J connectivity index is 1.93. The predicted octanol–water partition coefficient (Wildman–Crippen LogP) is 1.27. The van der Waals surface area contributed by atoms with Crippen molar-refractivity contribution in [2.24, 2.45) is 0 Å². The molecule has 1 unspecified atom stereocenters. The summed E-state index contributed by atoms with van der Waals surface area (Å²) >= 11 is 1.51. The molecule has 0 fully saturated rings. The van der Waals surface area contributed by atoms with E-state index in [0.29, 0.717) is 18.7 Å². The molecule has 7 heteroatoms. The molecule has 102 valence electrons. The van der Waals surface area contributed by atoms with Gasteiger partial charge in [-0.25, -0.2) is 0 Å². The van der Waals surface area contributed by atoms with Crippen LogP contribution in [-0.4, -0.2) is 44.0 Å². The SMILES string of the molecule is CCNC(CCSc1nnc2ccccn12)C(=O)O. The molecule has 1 atom stereocenters. The van der Waals surface area contributed by atoms with Crippen molar-refractivity contribution in [3.05, 3.63) is 24.4 Å². The van der Waals surface area contributed by atoms with Crippen molar-refractivity contribution in [1.82, 2.24) is 19.9 Å². The lowest BCUT2D eigenvalue weighted by molar-refractivity contribution is -0.139. The lowest BCUT2D eigenvalue weighted by Crippen LogP contribution is -2.36. The van der Waals surface area contributed by atoms with Crippen molar-refractivity contribution in [3.63, 3.8) is 0 Å². The van der Waals surface area contributed by atoms with Crippen LogP contribution in [0.5, 0.6) is 0 Å². The summed E-state index contributed by atoms with van der Waals surface area (Å²) in [6.45, 7) is 2.55. The number of hydrogen-bond acceptors (Lipinski definition) is 5. The minimum absolute atomic E-state index is 0.503. The van der Waals surface area contributed by atoms with Crippen LogP contribution in [0.25, 0.3) is 5.65 Å². The van der Waals surface area contributed by atoms with E-state index in [2.05, 4.69) is 15.5 Å². The zero-order valence-electron chi connectivity index (χ0n) is 10.6. The van der Waals surface area contributed by atoms with Crippen LogP contribution in [0.15, 0.2) is 29.6 Å². The monoisotopic (exact) mass is 280 g/mol. The van der Waals surface area contributed by atoms with Gasteiger partial charge in [-0.05, 0) is 25.1 Å². The number of thioether (sulfide) groups is 1. The van der Waals surface area contributed by atoms with Gasteiger partial charge >= 0.3 is 5.97 Å². The van der Waals surface area contributed by atoms with Gasteiger partial charge in [0.1, 0.15) is 6.04 Å². The van der Waals surface area contributed by atoms with E-state index >= 15 is 0 Å². The van der Waals surface area contributed by atoms with Gasteiger partial charge in [0, 0.05) is 11.9 Å². The van der Waals surface area contributed by atoms with Gasteiger partial charge in [-0.2, -0.15) is 0 Å². The molecule has 0 saturated heterocycles. The van der Waals surface area contributed by atoms with E-state index in [-0.39, 0.29) is 0 Å². The molecule has 0 saturated carbocycles. The Labute approximate surface area is 115 Å². The average molecular weight is 280 g/mol. The molecule has 2 aromatic heterocycles. The molecule has 0 aliphatic heterocycles. The fourth-order valence-electron chi connectivity index (χ4n) is 1.75. The molecular formula is C12H16N4O2S. The molecule has 2 rings (SSSR count). The normalized spacial score (nSPS) is 12.7. The molecule has 0 radical (unpaired) electrons. The number of likely N-dealkylation sites (N-methyl/N-ethyl adjacent to an activating group) is 1. The summed E-state index contributed by atoms with van der Waals surface area (Å²) in [5.41, 5.74) is 0.798. The van der Waals surface area contributed by atoms with E-state index in [1.807, 2.05) is 35.7 Å². The van der Waals surface area contributed by atoms with Gasteiger partial charge in [-0.15, -0.1) is 10.2 Å². The zero-order chi connectivity index (χ0) is 13.7. The zero-order valence-corrected chi connectivity index (χ0v) is 11.4. The number of pyridine rings is 1. The number of hydrogen-bond donors (Lipinski definition) is 2. The maximum absolute atomic E-state index is 11.0. The van der Waals surface area contributed by atoms with Crippen LogP contribution in [0.1, 0.15) is 13.3 Å². The second-order valence-corrected chi connectivity index (χ2v) is 5.06. The van der Waals surface area contributed by atoms with Gasteiger partial charge in [-0.1, -0.05) is 24.8 Å². The largest absolute Gasteiger partial charge is 0.480 e. The van der Waals surface area contributed by atoms with E-state index in [4.69, 9.17) is 5.11 Å². The number of carboxylic acid groups (broad SMARTS) is 1. The molecule has 6 nitrogen and oxygen atoms in total. The van der Waals surface area contributed by atoms with E-state index in [1.165, 1.54) is 11.8 Å². The van der Waals surface area contributed by atoms with Crippen LogP contribution in [0, 0.1) is 0 Å². The first kappa shape index (κ1) is 13.8. The third kappa shape index (κ3) is 3.45. The average Bonchev–Trinajstić information content (AvgIpc) is 2.81. The maximum atomic E-state index is 11.0. The van der Waals surface area contributed by atoms with Crippen molar-refractivity contribution >= 4 is 23.4 Å². The minimum Gasteiger partial charge on any atom is -0.480 e. The Morgan fingerprint density at radius 1 is 1.53 bits per heavy atom. The van der Waals surface area contributed by atoms with E-state index in [0.717, 1.165) is 10.8 Å². The van der Waals surface area contributed by atoms with Gasteiger partial charge in [-0.3, -0.25) is 9.20 Å². The van der Waals surface area contributed by atoms with Gasteiger partial charge in [0.25, 0.3) is 0 Å². The summed E-state index contributed by atoms with van der Waals surface area (Å²) in [5.74, 6) is -0.131. The first-order valence-electron chi connectivity index (χ1n) is 6.11. The Kier molecular flexibility index (Phi) is 4.75. The van der Waals surface area contributed by atoms with Crippen LogP contribution < -0.4 is 5.32 Å². The highest BCUT2D eigenvalue weighted by Crippen LogP contribution is 2.18. The predicted molar refractivity (Wildman–Crippen MR) is 73.4 cm³/mol. The Hall–Kier alpha value is -1.60. The summed E-state index contributed by atoms with van der Waals surface area (Å²) in [6.07, 6.45) is 2.45. The van der Waals surface area contributed by atoms with Crippen LogP contribution in [0.3, 0.4) is 0 Å². The van der Waals surface area contributed by atoms with E-state index < -0.39 is 12.0 Å². The number of carbonyl (C=O) groups is 1. The highest BCUT2D eigenvalue weighted by atomic mass is 32.2. The molecule has 2 aromatic rings. The summed E-state index contributed by atoms with van der Waals surface area (Å²) in [7, 11) is 0. The van der Waals surface area contributed by atoms with Gasteiger partial charge < -0.3 is 10.4 Å². The quantitative estimate of drug-likeness (QED) is 0.744. The fourth-order valence-corrected chi connectivity index (χ4v) is 2.67. The van der Waals surface area contributed by atoms with Gasteiger partial charge in [0.15, 0.2) is 10.8 Å².